The van der Waals surface area contributed by atoms with Crippen molar-refractivity contribution in [3.63, 3.8) is 0 Å². The van der Waals surface area contributed by atoms with Crippen molar-refractivity contribution in [1.29, 1.82) is 0 Å². The maximum Gasteiger partial charge on any atom is 0.289 e. The van der Waals surface area contributed by atoms with Gasteiger partial charge in [0, 0.05) is 13.1 Å². The molecule has 12 nitrogen and oxygen atoms in total. The fourth-order valence-corrected chi connectivity index (χ4v) is 9.78. The molecular formula is C40H61N5O7S. The van der Waals surface area contributed by atoms with Gasteiger partial charge in [-0.05, 0) is 65.4 Å². The topological polar surface area (TPSA) is 171 Å². The van der Waals surface area contributed by atoms with Crippen LogP contribution in [0.1, 0.15) is 100 Å². The van der Waals surface area contributed by atoms with E-state index in [0.29, 0.717) is 25.8 Å². The smallest absolute Gasteiger partial charge is 0.289 e. The number of hydrogen-bond acceptors (Lipinski definition) is 7. The van der Waals surface area contributed by atoms with E-state index >= 15 is 0 Å². The first-order chi connectivity index (χ1) is 24.3. The number of Topliss-reactive ketones (excluding diaryl/α,β-unsaturated/α-hetero) is 1. The van der Waals surface area contributed by atoms with Crippen molar-refractivity contribution in [2.45, 2.75) is 129 Å². The van der Waals surface area contributed by atoms with Gasteiger partial charge in [0.1, 0.15) is 18.1 Å². The van der Waals surface area contributed by atoms with Crippen LogP contribution in [0.25, 0.3) is 0 Å². The molecule has 3 saturated carbocycles. The Kier molecular flexibility index (Phi) is 12.8. The fraction of sp³-hybridized carbons (Fsp3) is 0.675. The molecule has 1 aromatic carbocycles. The first kappa shape index (κ1) is 42.2. The number of carbonyl (C=O) groups is 5. The van der Waals surface area contributed by atoms with Crippen LogP contribution in [0.15, 0.2) is 47.9 Å². The number of rotatable bonds is 15. The van der Waals surface area contributed by atoms with Gasteiger partial charge >= 0.3 is 0 Å². The molecule has 6 atom stereocenters. The van der Waals surface area contributed by atoms with Crippen LogP contribution in [0.4, 0.5) is 0 Å². The Hall–Kier alpha value is -3.58. The Morgan fingerprint density at radius 3 is 2.17 bits per heavy atom. The third-order valence-electron chi connectivity index (χ3n) is 12.0. The molecule has 3 aliphatic carbocycles. The molecule has 4 fully saturated rings. The number of sulfonamides is 1. The largest absolute Gasteiger partial charge is 0.346 e. The van der Waals surface area contributed by atoms with Gasteiger partial charge in [0.05, 0.1) is 10.9 Å². The molecule has 5 rings (SSSR count). The second kappa shape index (κ2) is 16.0. The van der Waals surface area contributed by atoms with Gasteiger partial charge < -0.3 is 20.9 Å². The quantitative estimate of drug-likeness (QED) is 0.154. The first-order valence-corrected chi connectivity index (χ1v) is 20.2. The number of benzene rings is 1. The van der Waals surface area contributed by atoms with E-state index in [-0.39, 0.29) is 42.0 Å². The summed E-state index contributed by atoms with van der Waals surface area (Å²) in [7, 11) is -4.09. The second-order valence-electron chi connectivity index (χ2n) is 17.4. The van der Waals surface area contributed by atoms with Gasteiger partial charge in [-0.25, -0.2) is 8.42 Å². The second-order valence-corrected chi connectivity index (χ2v) is 19.1. The van der Waals surface area contributed by atoms with E-state index in [1.165, 1.54) is 23.1 Å². The highest BCUT2D eigenvalue weighted by Gasteiger charge is 2.70. The van der Waals surface area contributed by atoms with Crippen LogP contribution in [-0.2, 0) is 34.0 Å². The van der Waals surface area contributed by atoms with Crippen molar-refractivity contribution in [3.05, 3.63) is 43.0 Å². The highest BCUT2D eigenvalue weighted by molar-refractivity contribution is 7.89. The molecule has 1 aliphatic heterocycles. The van der Waals surface area contributed by atoms with Crippen LogP contribution in [0, 0.1) is 34.0 Å². The Morgan fingerprint density at radius 2 is 1.60 bits per heavy atom. The van der Waals surface area contributed by atoms with Crippen LogP contribution >= 0.6 is 0 Å². The summed E-state index contributed by atoms with van der Waals surface area (Å²) in [6, 6.07) is 3.72. The molecule has 4 amide bonds. The molecule has 0 radical (unpaired) electrons. The number of piperidine rings is 1. The third-order valence-corrected chi connectivity index (χ3v) is 13.4. The number of hydrogen-bond donors (Lipinski definition) is 4. The van der Waals surface area contributed by atoms with E-state index in [4.69, 9.17) is 0 Å². The van der Waals surface area contributed by atoms with E-state index < -0.39 is 74.4 Å². The average molecular weight is 756 g/mol. The molecule has 1 unspecified atom stereocenters. The average Bonchev–Trinajstić information content (AvgIpc) is 3.95. The highest BCUT2D eigenvalue weighted by atomic mass is 32.2. The molecule has 0 aromatic heterocycles. The highest BCUT2D eigenvalue weighted by Crippen LogP contribution is 2.65. The number of nitrogens with zero attached hydrogens (tertiary/aromatic N) is 1. The van der Waals surface area contributed by atoms with Crippen molar-refractivity contribution in [2.75, 3.05) is 13.1 Å². The maximum absolute atomic E-state index is 14.7. The zero-order valence-electron chi connectivity index (χ0n) is 31.5. The lowest BCUT2D eigenvalue weighted by Gasteiger charge is -2.42. The minimum absolute atomic E-state index is 0. The minimum atomic E-state index is -4.09. The van der Waals surface area contributed by atoms with Crippen molar-refractivity contribution in [2.24, 2.45) is 34.0 Å². The summed E-state index contributed by atoms with van der Waals surface area (Å²) in [4.78, 5) is 70.8. The van der Waals surface area contributed by atoms with E-state index in [9.17, 15) is 32.4 Å². The molecule has 1 aromatic rings. The number of carbonyl (C=O) groups excluding carboxylic acids is 5. The van der Waals surface area contributed by atoms with Gasteiger partial charge in [-0.15, -0.1) is 6.58 Å². The van der Waals surface area contributed by atoms with Gasteiger partial charge in [0.15, 0.2) is 0 Å². The van der Waals surface area contributed by atoms with Crippen molar-refractivity contribution in [1.82, 2.24) is 25.6 Å². The summed E-state index contributed by atoms with van der Waals surface area (Å²) in [6.45, 7) is 15.5. The van der Waals surface area contributed by atoms with Crippen LogP contribution in [0.3, 0.4) is 0 Å². The third kappa shape index (κ3) is 9.21. The fourth-order valence-electron chi connectivity index (χ4n) is 8.42. The molecule has 4 aliphatic rings. The van der Waals surface area contributed by atoms with Gasteiger partial charge in [-0.1, -0.05) is 105 Å². The molecule has 4 N–H and O–H groups in total. The molecule has 13 heteroatoms. The molecule has 1 heterocycles. The van der Waals surface area contributed by atoms with Crippen LogP contribution < -0.4 is 20.7 Å². The Labute approximate surface area is 316 Å². The van der Waals surface area contributed by atoms with E-state index in [1.54, 1.807) is 18.2 Å². The Morgan fingerprint density at radius 1 is 0.981 bits per heavy atom. The van der Waals surface area contributed by atoms with Gasteiger partial charge in [-0.3, -0.25) is 24.0 Å². The standard InChI is InChI=1S/C39H57N5O7S.CH4/c1-8-21-40-34(47)30(45)27(22-24-17-18-24)41-33(46)29-28-26(38(28,5)6)23-44(29)36(49)32(37(2,3)4)42-35(48)31(39(7)19-13-10-14-20-39)43-52(50,51)25-15-11-9-12-16-25;/h8-9,11-12,15-16,24,26-29,31-32,43H,1,10,13-14,17-23H2,2-7H3,(H,40,47)(H,41,46)(H,42,48);1H4/t26-,27?,28-,29-,31+,32+;/m0./s1. The number of ketones is 1. The van der Waals surface area contributed by atoms with Gasteiger partial charge in [0.25, 0.3) is 5.91 Å². The number of likely N-dealkylation sites (tertiary alicyclic amines) is 1. The molecule has 0 bridgehead atoms. The summed E-state index contributed by atoms with van der Waals surface area (Å²) < 4.78 is 29.9. The lowest BCUT2D eigenvalue weighted by atomic mass is 9.70. The lowest BCUT2D eigenvalue weighted by molar-refractivity contribution is -0.147. The van der Waals surface area contributed by atoms with E-state index in [1.807, 2.05) is 27.7 Å². The zero-order chi connectivity index (χ0) is 38.2. The predicted octanol–water partition coefficient (Wildman–Crippen LogP) is 4.11. The zero-order valence-corrected chi connectivity index (χ0v) is 32.3. The predicted molar refractivity (Wildman–Crippen MR) is 204 cm³/mol. The van der Waals surface area contributed by atoms with Crippen molar-refractivity contribution >= 4 is 39.4 Å². The van der Waals surface area contributed by atoms with E-state index in [2.05, 4.69) is 41.1 Å². The Bertz CT molecular complexity index is 1660. The van der Waals surface area contributed by atoms with Gasteiger partial charge in [0.2, 0.25) is 33.5 Å². The molecule has 0 spiro atoms. The summed E-state index contributed by atoms with van der Waals surface area (Å²) in [5.41, 5.74) is -1.74. The number of nitrogens with one attached hydrogen (secondary N) is 4. The molecule has 294 valence electrons. The minimum Gasteiger partial charge on any atom is -0.346 e. The molecular weight excluding hydrogens is 695 g/mol. The summed E-state index contributed by atoms with van der Waals surface area (Å²) in [5.74, 6) is -2.98. The summed E-state index contributed by atoms with van der Waals surface area (Å²) >= 11 is 0. The van der Waals surface area contributed by atoms with Crippen molar-refractivity contribution in [3.8, 4) is 0 Å². The van der Waals surface area contributed by atoms with Crippen molar-refractivity contribution < 1.29 is 32.4 Å². The monoisotopic (exact) mass is 755 g/mol. The number of fused-ring (bicyclic) bond motifs is 1. The SMILES string of the molecule is C.C=CCNC(=O)C(=O)C(CC1CC1)NC(=O)[C@@H]1[C@@H]2[C@H](CN1C(=O)[C@@H](NC(=O)[C@@H](NS(=O)(=O)c1ccccc1)C1(C)CCCCC1)C(C)(C)C)C2(C)C. The Balaban J connectivity index is 0.00000627. The normalized spacial score (nSPS) is 24.6. The van der Waals surface area contributed by atoms with Crippen LogP contribution in [0.2, 0.25) is 0 Å². The maximum atomic E-state index is 14.7. The number of amides is 4. The molecule has 1 saturated heterocycles. The summed E-state index contributed by atoms with van der Waals surface area (Å²) in [6.07, 6.45) is 7.58. The van der Waals surface area contributed by atoms with Crippen LogP contribution in [0.5, 0.6) is 0 Å². The molecule has 53 heavy (non-hydrogen) atoms. The first-order valence-electron chi connectivity index (χ1n) is 18.7. The lowest BCUT2D eigenvalue weighted by Crippen LogP contribution is -2.64. The summed E-state index contributed by atoms with van der Waals surface area (Å²) in [5, 5.41) is 8.33. The van der Waals surface area contributed by atoms with E-state index in [0.717, 1.165) is 32.1 Å². The van der Waals surface area contributed by atoms with Crippen LogP contribution in [-0.4, -0.2) is 80.0 Å². The van der Waals surface area contributed by atoms with Gasteiger partial charge in [-0.2, -0.15) is 4.72 Å².